The SMILES string of the molecule is CC1(O)[C@](C)(n2cnc3c(N)ncnc32)O[C@](C)(COP(=O)(O)OC(=O)CCCC2SCC3NC(=O)NC32)[C@]1(C)O. The van der Waals surface area contributed by atoms with Gasteiger partial charge in [-0.1, -0.05) is 0 Å². The summed E-state index contributed by atoms with van der Waals surface area (Å²) in [5, 5.41) is 29.0. The van der Waals surface area contributed by atoms with Crippen LogP contribution < -0.4 is 16.4 Å². The number of phosphoric ester groups is 1. The Kier molecular flexibility index (Phi) is 7.33. The molecule has 0 bridgehead atoms. The normalized spacial score (nSPS) is 37.9. The van der Waals surface area contributed by atoms with Crippen LogP contribution in [0.5, 0.6) is 0 Å². The lowest BCUT2D eigenvalue weighted by molar-refractivity contribution is -0.192. The number of carbonyl (C=O) groups excluding carboxylic acids is 2. The van der Waals surface area contributed by atoms with E-state index in [4.69, 9.17) is 19.5 Å². The van der Waals surface area contributed by atoms with Crippen molar-refractivity contribution < 1.29 is 43.0 Å². The fraction of sp³-hybridized carbons (Fsp3) is 0.696. The lowest BCUT2D eigenvalue weighted by Crippen LogP contribution is -2.63. The molecule has 41 heavy (non-hydrogen) atoms. The fourth-order valence-corrected chi connectivity index (χ4v) is 8.07. The molecule has 0 aromatic carbocycles. The number of anilines is 1. The van der Waals surface area contributed by atoms with Crippen LogP contribution >= 0.6 is 19.6 Å². The van der Waals surface area contributed by atoms with E-state index >= 15 is 0 Å². The highest BCUT2D eigenvalue weighted by Crippen LogP contribution is 2.57. The number of phosphoric acid groups is 1. The smallest absolute Gasteiger partial charge is 0.384 e. The van der Waals surface area contributed by atoms with Gasteiger partial charge in [0.2, 0.25) is 0 Å². The minimum absolute atomic E-state index is 0.0243. The number of imidazole rings is 1. The summed E-state index contributed by atoms with van der Waals surface area (Å²) in [6, 6.07) is -0.182. The zero-order chi connectivity index (χ0) is 30.0. The van der Waals surface area contributed by atoms with Crippen molar-refractivity contribution in [2.75, 3.05) is 18.1 Å². The maximum atomic E-state index is 12.7. The molecule has 5 heterocycles. The third-order valence-corrected chi connectivity index (χ3v) is 11.1. The van der Waals surface area contributed by atoms with Gasteiger partial charge in [-0.25, -0.2) is 24.3 Å². The molecule has 3 aliphatic heterocycles. The minimum atomic E-state index is -4.93. The van der Waals surface area contributed by atoms with E-state index in [0.717, 1.165) is 5.75 Å². The van der Waals surface area contributed by atoms with E-state index in [-0.39, 0.29) is 46.8 Å². The van der Waals surface area contributed by atoms with Crippen molar-refractivity contribution in [2.45, 2.75) is 86.8 Å². The van der Waals surface area contributed by atoms with Gasteiger partial charge in [0.15, 0.2) is 17.2 Å². The van der Waals surface area contributed by atoms with Gasteiger partial charge < -0.3 is 35.8 Å². The van der Waals surface area contributed by atoms with Gasteiger partial charge in [-0.2, -0.15) is 11.8 Å². The predicted molar refractivity (Wildman–Crippen MR) is 145 cm³/mol. The summed E-state index contributed by atoms with van der Waals surface area (Å²) in [5.74, 6) is -0.0651. The first-order chi connectivity index (χ1) is 19.0. The van der Waals surface area contributed by atoms with E-state index in [9.17, 15) is 29.3 Å². The lowest BCUT2D eigenvalue weighted by Gasteiger charge is -2.42. The van der Waals surface area contributed by atoms with Crippen molar-refractivity contribution in [2.24, 2.45) is 0 Å². The van der Waals surface area contributed by atoms with Crippen molar-refractivity contribution in [3.05, 3.63) is 12.7 Å². The van der Waals surface area contributed by atoms with Crippen LogP contribution in [0.2, 0.25) is 0 Å². The van der Waals surface area contributed by atoms with Crippen LogP contribution in [0.3, 0.4) is 0 Å². The van der Waals surface area contributed by atoms with Crippen molar-refractivity contribution in [1.82, 2.24) is 30.2 Å². The molecule has 5 unspecified atom stereocenters. The maximum Gasteiger partial charge on any atom is 0.529 e. The molecule has 0 saturated carbocycles. The number of nitrogens with two attached hydrogens (primary N) is 1. The average Bonchev–Trinajstić information content (AvgIpc) is 3.59. The lowest BCUT2D eigenvalue weighted by atomic mass is 9.73. The summed E-state index contributed by atoms with van der Waals surface area (Å²) < 4.78 is 30.1. The summed E-state index contributed by atoms with van der Waals surface area (Å²) in [4.78, 5) is 46.4. The number of ether oxygens (including phenoxy) is 1. The fourth-order valence-electron chi connectivity index (χ4n) is 5.72. The van der Waals surface area contributed by atoms with Crippen LogP contribution in [0.15, 0.2) is 12.7 Å². The Balaban J connectivity index is 1.22. The summed E-state index contributed by atoms with van der Waals surface area (Å²) in [6.45, 7) is 4.78. The summed E-state index contributed by atoms with van der Waals surface area (Å²) in [5.41, 5.74) is -1.25. The molecule has 0 aliphatic carbocycles. The molecule has 2 aromatic heterocycles. The zero-order valence-electron chi connectivity index (χ0n) is 22.9. The van der Waals surface area contributed by atoms with Crippen LogP contribution in [0.1, 0.15) is 47.0 Å². The van der Waals surface area contributed by atoms with Gasteiger partial charge in [-0.05, 0) is 40.5 Å². The first-order valence-electron chi connectivity index (χ1n) is 13.0. The van der Waals surface area contributed by atoms with E-state index < -0.39 is 42.9 Å². The van der Waals surface area contributed by atoms with Crippen molar-refractivity contribution in [1.29, 1.82) is 0 Å². The maximum absolute atomic E-state index is 12.7. The first kappa shape index (κ1) is 29.9. The second kappa shape index (κ2) is 10.0. The molecule has 16 nitrogen and oxygen atoms in total. The Morgan fingerprint density at radius 1 is 1.24 bits per heavy atom. The van der Waals surface area contributed by atoms with Crippen LogP contribution in [0, 0.1) is 0 Å². The number of thioether (sulfide) groups is 1. The molecule has 5 rings (SSSR count). The van der Waals surface area contributed by atoms with Gasteiger partial charge in [0.05, 0.1) is 25.0 Å². The molecular formula is C23H34N7O9PS. The number of hydrogen-bond donors (Lipinski definition) is 6. The molecule has 0 spiro atoms. The standard InChI is InChI=1S/C23H34N7O9PS/c1-20(9-37-40(35,36)38-14(31)7-5-6-13-15-12(8-41-13)28-19(32)29-15)21(2,33)22(3,34)23(4,39-20)30-11-27-16-17(24)25-10-26-18(16)30/h10-13,15,33-34H,5-9H2,1-4H3,(H,35,36)(H2,24,25,26)(H2,28,29,32)/t12?,13?,15?,20-,21+,22?,23-/m1/s1. The molecule has 3 saturated heterocycles. The summed E-state index contributed by atoms with van der Waals surface area (Å²) in [6.07, 6.45) is 3.38. The van der Waals surface area contributed by atoms with E-state index in [2.05, 4.69) is 25.6 Å². The average molecular weight is 616 g/mol. The van der Waals surface area contributed by atoms with Crippen LogP contribution in [-0.4, -0.2) is 93.1 Å². The number of carbonyl (C=O) groups is 2. The number of hydrogen-bond acceptors (Lipinski definition) is 13. The summed E-state index contributed by atoms with van der Waals surface area (Å²) >= 11 is 1.69. The number of nitrogens with one attached hydrogen (secondary N) is 2. The number of aromatic nitrogens is 4. The van der Waals surface area contributed by atoms with Crippen LogP contribution in [0.25, 0.3) is 11.2 Å². The molecule has 3 fully saturated rings. The van der Waals surface area contributed by atoms with Gasteiger partial charge in [-0.3, -0.25) is 18.8 Å². The highest BCUT2D eigenvalue weighted by atomic mass is 32.2. The third-order valence-electron chi connectivity index (χ3n) is 8.65. The zero-order valence-corrected chi connectivity index (χ0v) is 24.6. The number of rotatable bonds is 9. The number of amides is 2. The topological polar surface area (TPSA) is 233 Å². The molecule has 3 aliphatic rings. The van der Waals surface area contributed by atoms with Gasteiger partial charge in [0, 0.05) is 17.4 Å². The van der Waals surface area contributed by atoms with Crippen molar-refractivity contribution >= 4 is 48.6 Å². The molecule has 8 atom stereocenters. The number of urea groups is 1. The third kappa shape index (κ3) is 4.86. The number of nitrogens with zero attached hydrogens (tertiary/aromatic N) is 4. The van der Waals surface area contributed by atoms with E-state index in [1.807, 2.05) is 0 Å². The molecule has 0 radical (unpaired) electrons. The highest BCUT2D eigenvalue weighted by molar-refractivity contribution is 8.00. The Hall–Kier alpha value is -2.53. The molecule has 18 heteroatoms. The van der Waals surface area contributed by atoms with Crippen LogP contribution in [0.4, 0.5) is 10.6 Å². The quantitative estimate of drug-likeness (QED) is 0.165. The molecule has 7 N–H and O–H groups in total. The number of fused-ring (bicyclic) bond motifs is 2. The number of aliphatic hydroxyl groups is 2. The van der Waals surface area contributed by atoms with Crippen LogP contribution in [-0.2, 0) is 28.9 Å². The largest absolute Gasteiger partial charge is 0.529 e. The Bertz CT molecular complexity index is 1420. The summed E-state index contributed by atoms with van der Waals surface area (Å²) in [7, 11) is -4.93. The second-order valence-corrected chi connectivity index (χ2v) is 13.9. The van der Waals surface area contributed by atoms with Crippen molar-refractivity contribution in [3.63, 3.8) is 0 Å². The Morgan fingerprint density at radius 3 is 2.71 bits per heavy atom. The molecule has 226 valence electrons. The Morgan fingerprint density at radius 2 is 1.98 bits per heavy atom. The Labute approximate surface area is 239 Å². The van der Waals surface area contributed by atoms with Gasteiger partial charge in [0.1, 0.15) is 28.6 Å². The molecule has 2 amide bonds. The van der Waals surface area contributed by atoms with E-state index in [0.29, 0.717) is 12.8 Å². The van der Waals surface area contributed by atoms with E-state index in [1.54, 1.807) is 11.8 Å². The molecular weight excluding hydrogens is 581 g/mol. The molecule has 2 aromatic rings. The predicted octanol–water partition coefficient (Wildman–Crippen LogP) is 0.368. The van der Waals surface area contributed by atoms with Gasteiger partial charge in [-0.15, -0.1) is 0 Å². The highest BCUT2D eigenvalue weighted by Gasteiger charge is 2.73. The van der Waals surface area contributed by atoms with E-state index in [1.165, 1.54) is 44.9 Å². The first-order valence-corrected chi connectivity index (χ1v) is 15.5. The minimum Gasteiger partial charge on any atom is -0.384 e. The van der Waals surface area contributed by atoms with Gasteiger partial charge in [0.25, 0.3) is 0 Å². The number of nitrogen functional groups attached to an aromatic ring is 1. The second-order valence-electron chi connectivity index (χ2n) is 11.2. The monoisotopic (exact) mass is 615 g/mol. The van der Waals surface area contributed by atoms with Crippen molar-refractivity contribution in [3.8, 4) is 0 Å². The van der Waals surface area contributed by atoms with Gasteiger partial charge >= 0.3 is 19.8 Å².